The second kappa shape index (κ2) is 6.82. The van der Waals surface area contributed by atoms with Crippen LogP contribution in [0.2, 0.25) is 0 Å². The van der Waals surface area contributed by atoms with E-state index in [0.29, 0.717) is 18.8 Å². The number of nitriles is 1. The number of aryl methyl sites for hydroxylation is 1. The van der Waals surface area contributed by atoms with Gasteiger partial charge in [-0.15, -0.1) is 0 Å². The Morgan fingerprint density at radius 2 is 2.00 bits per heavy atom. The first kappa shape index (κ1) is 14.9. The molecule has 110 valence electrons. The number of hydrogen-bond acceptors (Lipinski definition) is 4. The van der Waals surface area contributed by atoms with E-state index in [1.807, 2.05) is 42.1 Å². The molecule has 1 N–H and O–H groups in total. The molecule has 2 rings (SSSR count). The molecular weight excluding hydrogens is 266 g/mol. The Bertz CT molecular complexity index is 656. The highest BCUT2D eigenvalue weighted by molar-refractivity contribution is 5.40. The Balaban J connectivity index is 1.98. The standard InChI is InChI=1S/C16H19N3O2/c1-19-11-12(6-14(19)8-17)9-18-10-13-4-5-15(20-2)7-16(13)21-3/h4-7,11,18H,9-10H2,1-3H3. The van der Waals surface area contributed by atoms with Crippen LogP contribution in [0.15, 0.2) is 30.5 Å². The molecule has 0 aliphatic rings. The summed E-state index contributed by atoms with van der Waals surface area (Å²) in [5.74, 6) is 1.57. The van der Waals surface area contributed by atoms with E-state index in [1.165, 1.54) is 0 Å². The number of ether oxygens (including phenoxy) is 2. The molecule has 5 heteroatoms. The molecule has 0 amide bonds. The molecule has 0 spiro atoms. The third kappa shape index (κ3) is 3.56. The van der Waals surface area contributed by atoms with Crippen molar-refractivity contribution in [2.24, 2.45) is 7.05 Å². The lowest BCUT2D eigenvalue weighted by Gasteiger charge is -2.11. The number of rotatable bonds is 6. The summed E-state index contributed by atoms with van der Waals surface area (Å²) >= 11 is 0. The van der Waals surface area contributed by atoms with Crippen molar-refractivity contribution >= 4 is 0 Å². The molecule has 2 aromatic rings. The maximum Gasteiger partial charge on any atom is 0.127 e. The van der Waals surface area contributed by atoms with E-state index in [-0.39, 0.29) is 0 Å². The molecule has 1 aromatic carbocycles. The van der Waals surface area contributed by atoms with Crippen molar-refractivity contribution in [1.29, 1.82) is 5.26 Å². The molecule has 0 aliphatic heterocycles. The first-order chi connectivity index (χ1) is 10.2. The van der Waals surface area contributed by atoms with Crippen molar-refractivity contribution in [1.82, 2.24) is 9.88 Å². The second-order valence-electron chi connectivity index (χ2n) is 4.74. The van der Waals surface area contributed by atoms with Crippen molar-refractivity contribution in [3.63, 3.8) is 0 Å². The summed E-state index contributed by atoms with van der Waals surface area (Å²) in [4.78, 5) is 0. The lowest BCUT2D eigenvalue weighted by Crippen LogP contribution is -2.13. The number of hydrogen-bond donors (Lipinski definition) is 1. The predicted molar refractivity (Wildman–Crippen MR) is 80.2 cm³/mol. The van der Waals surface area contributed by atoms with E-state index >= 15 is 0 Å². The molecule has 21 heavy (non-hydrogen) atoms. The Hall–Kier alpha value is -2.45. The first-order valence-electron chi connectivity index (χ1n) is 6.65. The Morgan fingerprint density at radius 1 is 1.19 bits per heavy atom. The van der Waals surface area contributed by atoms with Crippen LogP contribution in [0.3, 0.4) is 0 Å². The fourth-order valence-electron chi connectivity index (χ4n) is 2.18. The van der Waals surface area contributed by atoms with Gasteiger partial charge in [0.15, 0.2) is 0 Å². The topological polar surface area (TPSA) is 59.2 Å². The van der Waals surface area contributed by atoms with Crippen LogP contribution >= 0.6 is 0 Å². The zero-order valence-corrected chi connectivity index (χ0v) is 12.5. The molecule has 0 radical (unpaired) electrons. The summed E-state index contributed by atoms with van der Waals surface area (Å²) in [6, 6.07) is 9.81. The van der Waals surface area contributed by atoms with E-state index in [0.717, 1.165) is 22.6 Å². The minimum atomic E-state index is 0.661. The quantitative estimate of drug-likeness (QED) is 0.884. The van der Waals surface area contributed by atoms with Crippen LogP contribution in [0, 0.1) is 11.3 Å². The predicted octanol–water partition coefficient (Wildman–Crippen LogP) is 2.20. The molecule has 0 unspecified atom stereocenters. The van der Waals surface area contributed by atoms with Crippen molar-refractivity contribution in [3.05, 3.63) is 47.3 Å². The fourth-order valence-corrected chi connectivity index (χ4v) is 2.18. The van der Waals surface area contributed by atoms with E-state index in [9.17, 15) is 0 Å². The Morgan fingerprint density at radius 3 is 2.62 bits per heavy atom. The van der Waals surface area contributed by atoms with Crippen LogP contribution < -0.4 is 14.8 Å². The van der Waals surface area contributed by atoms with Crippen LogP contribution in [0.25, 0.3) is 0 Å². The maximum atomic E-state index is 8.93. The van der Waals surface area contributed by atoms with Gasteiger partial charge in [0.2, 0.25) is 0 Å². The first-order valence-corrected chi connectivity index (χ1v) is 6.65. The summed E-state index contributed by atoms with van der Waals surface area (Å²) in [7, 11) is 5.15. The van der Waals surface area contributed by atoms with Crippen molar-refractivity contribution in [3.8, 4) is 17.6 Å². The van der Waals surface area contributed by atoms with Gasteiger partial charge in [-0.2, -0.15) is 5.26 Å². The summed E-state index contributed by atoms with van der Waals surface area (Å²) in [6.07, 6.45) is 1.96. The van der Waals surface area contributed by atoms with Crippen molar-refractivity contribution in [2.75, 3.05) is 14.2 Å². The Labute approximate surface area is 124 Å². The average molecular weight is 285 g/mol. The number of nitrogens with one attached hydrogen (secondary N) is 1. The number of methoxy groups -OCH3 is 2. The molecular formula is C16H19N3O2. The summed E-state index contributed by atoms with van der Waals surface area (Å²) in [5, 5.41) is 12.3. The lowest BCUT2D eigenvalue weighted by atomic mass is 10.2. The van der Waals surface area contributed by atoms with Gasteiger partial charge in [0, 0.05) is 38.0 Å². The molecule has 0 aliphatic carbocycles. The highest BCUT2D eigenvalue weighted by Gasteiger charge is 2.06. The number of nitrogens with zero attached hydrogens (tertiary/aromatic N) is 2. The highest BCUT2D eigenvalue weighted by Crippen LogP contribution is 2.24. The molecule has 0 atom stereocenters. The molecule has 1 aromatic heterocycles. The number of aromatic nitrogens is 1. The van der Waals surface area contributed by atoms with E-state index in [1.54, 1.807) is 14.2 Å². The van der Waals surface area contributed by atoms with Gasteiger partial charge >= 0.3 is 0 Å². The van der Waals surface area contributed by atoms with Gasteiger partial charge < -0.3 is 19.4 Å². The molecule has 5 nitrogen and oxygen atoms in total. The Kier molecular flexibility index (Phi) is 4.85. The fraction of sp³-hybridized carbons (Fsp3) is 0.312. The lowest BCUT2D eigenvalue weighted by molar-refractivity contribution is 0.390. The number of benzene rings is 1. The average Bonchev–Trinajstić information content (AvgIpc) is 2.87. The monoisotopic (exact) mass is 285 g/mol. The molecule has 0 saturated carbocycles. The maximum absolute atomic E-state index is 8.93. The van der Waals surface area contributed by atoms with Gasteiger partial charge in [-0.05, 0) is 17.7 Å². The zero-order valence-electron chi connectivity index (χ0n) is 12.5. The van der Waals surface area contributed by atoms with Crippen LogP contribution in [-0.2, 0) is 20.1 Å². The normalized spacial score (nSPS) is 10.2. The minimum Gasteiger partial charge on any atom is -0.497 e. The van der Waals surface area contributed by atoms with Gasteiger partial charge in [-0.3, -0.25) is 0 Å². The highest BCUT2D eigenvalue weighted by atomic mass is 16.5. The molecule has 0 bridgehead atoms. The third-order valence-corrected chi connectivity index (χ3v) is 3.31. The van der Waals surface area contributed by atoms with Crippen LogP contribution in [0.4, 0.5) is 0 Å². The second-order valence-corrected chi connectivity index (χ2v) is 4.74. The summed E-state index contributed by atoms with van der Waals surface area (Å²) in [6.45, 7) is 1.38. The molecule has 0 fully saturated rings. The van der Waals surface area contributed by atoms with Crippen molar-refractivity contribution in [2.45, 2.75) is 13.1 Å². The summed E-state index contributed by atoms with van der Waals surface area (Å²) < 4.78 is 12.4. The smallest absolute Gasteiger partial charge is 0.127 e. The third-order valence-electron chi connectivity index (χ3n) is 3.31. The van der Waals surface area contributed by atoms with Gasteiger partial charge in [-0.1, -0.05) is 6.07 Å². The zero-order chi connectivity index (χ0) is 15.2. The van der Waals surface area contributed by atoms with E-state index in [2.05, 4.69) is 11.4 Å². The van der Waals surface area contributed by atoms with Gasteiger partial charge in [0.1, 0.15) is 23.3 Å². The largest absolute Gasteiger partial charge is 0.497 e. The van der Waals surface area contributed by atoms with Gasteiger partial charge in [-0.25, -0.2) is 0 Å². The van der Waals surface area contributed by atoms with E-state index in [4.69, 9.17) is 14.7 Å². The van der Waals surface area contributed by atoms with Crippen LogP contribution in [-0.4, -0.2) is 18.8 Å². The van der Waals surface area contributed by atoms with Crippen molar-refractivity contribution < 1.29 is 9.47 Å². The van der Waals surface area contributed by atoms with Crippen LogP contribution in [0.5, 0.6) is 11.5 Å². The van der Waals surface area contributed by atoms with Gasteiger partial charge in [0.25, 0.3) is 0 Å². The van der Waals surface area contributed by atoms with Gasteiger partial charge in [0.05, 0.1) is 14.2 Å². The van der Waals surface area contributed by atoms with Crippen LogP contribution in [0.1, 0.15) is 16.8 Å². The summed E-state index contributed by atoms with van der Waals surface area (Å²) in [5.41, 5.74) is 2.81. The molecule has 0 saturated heterocycles. The minimum absolute atomic E-state index is 0.661. The molecule has 1 heterocycles. The SMILES string of the molecule is COc1ccc(CNCc2cc(C#N)n(C)c2)c(OC)c1. The van der Waals surface area contributed by atoms with E-state index < -0.39 is 0 Å².